The highest BCUT2D eigenvalue weighted by Gasteiger charge is 2.27. The molecule has 1 amide bonds. The largest absolute Gasteiger partial charge is 0.355 e. The number of aromatic nitrogens is 2. The summed E-state index contributed by atoms with van der Waals surface area (Å²) in [7, 11) is 0. The van der Waals surface area contributed by atoms with Gasteiger partial charge in [0.15, 0.2) is 0 Å². The van der Waals surface area contributed by atoms with E-state index in [2.05, 4.69) is 10.2 Å². The number of nitrogens with zero attached hydrogens (tertiary/aromatic N) is 3. The molecule has 198 valence electrons. The van der Waals surface area contributed by atoms with E-state index >= 15 is 0 Å². The summed E-state index contributed by atoms with van der Waals surface area (Å²) in [5.74, 6) is 0.400. The fraction of sp³-hybridized carbons (Fsp3) is 0.483. The Morgan fingerprint density at radius 3 is 2.46 bits per heavy atom. The molecule has 2 aliphatic rings. The van der Waals surface area contributed by atoms with Crippen LogP contribution < -0.4 is 10.9 Å². The fourth-order valence-electron chi connectivity index (χ4n) is 5.78. The molecule has 2 heterocycles. The van der Waals surface area contributed by atoms with Gasteiger partial charge >= 0.3 is 0 Å². The van der Waals surface area contributed by atoms with E-state index in [-0.39, 0.29) is 35.8 Å². The first-order valence-corrected chi connectivity index (χ1v) is 13.7. The SMILES string of the molecule is Cl.O=C(NCCN1CCC[C@@H]1Cn1nc(Cc2ccc(Cl)cc2)c2ccccc2c1=O)C1CCCCC1. The van der Waals surface area contributed by atoms with Gasteiger partial charge in [-0.15, -0.1) is 12.4 Å². The van der Waals surface area contributed by atoms with E-state index in [1.54, 1.807) is 4.68 Å². The summed E-state index contributed by atoms with van der Waals surface area (Å²) in [6, 6.07) is 15.8. The second-order valence-corrected chi connectivity index (χ2v) is 10.7. The van der Waals surface area contributed by atoms with Crippen LogP contribution in [0.2, 0.25) is 5.02 Å². The number of halogens is 2. The maximum absolute atomic E-state index is 13.4. The van der Waals surface area contributed by atoms with Crippen LogP contribution in [0.15, 0.2) is 53.3 Å². The van der Waals surface area contributed by atoms with Crippen molar-refractivity contribution in [2.75, 3.05) is 19.6 Å². The average molecular weight is 544 g/mol. The molecule has 8 heteroatoms. The highest BCUT2D eigenvalue weighted by molar-refractivity contribution is 6.30. The normalized spacial score (nSPS) is 18.6. The Morgan fingerprint density at radius 1 is 0.973 bits per heavy atom. The molecule has 1 aliphatic carbocycles. The predicted molar refractivity (Wildman–Crippen MR) is 152 cm³/mol. The predicted octanol–water partition coefficient (Wildman–Crippen LogP) is 5.22. The minimum atomic E-state index is -0.0390. The zero-order chi connectivity index (χ0) is 24.9. The van der Waals surface area contributed by atoms with E-state index < -0.39 is 0 Å². The third kappa shape index (κ3) is 6.73. The summed E-state index contributed by atoms with van der Waals surface area (Å²) in [4.78, 5) is 28.3. The summed E-state index contributed by atoms with van der Waals surface area (Å²) in [6.45, 7) is 3.02. The smallest absolute Gasteiger partial charge is 0.274 e. The molecule has 1 N–H and O–H groups in total. The monoisotopic (exact) mass is 542 g/mol. The lowest BCUT2D eigenvalue weighted by molar-refractivity contribution is -0.125. The van der Waals surface area contributed by atoms with Gasteiger partial charge in [0, 0.05) is 41.9 Å². The maximum atomic E-state index is 13.4. The molecule has 1 atom stereocenters. The molecule has 1 aromatic heterocycles. The van der Waals surface area contributed by atoms with Crippen molar-refractivity contribution < 1.29 is 4.79 Å². The van der Waals surface area contributed by atoms with Crippen LogP contribution in [0.1, 0.15) is 56.2 Å². The van der Waals surface area contributed by atoms with Gasteiger partial charge in [-0.2, -0.15) is 5.10 Å². The molecule has 6 nitrogen and oxygen atoms in total. The summed E-state index contributed by atoms with van der Waals surface area (Å²) in [5, 5.41) is 10.3. The number of rotatable bonds is 8. The molecule has 2 fully saturated rings. The Kier molecular flexibility index (Phi) is 9.63. The van der Waals surface area contributed by atoms with Crippen LogP contribution >= 0.6 is 24.0 Å². The second-order valence-electron chi connectivity index (χ2n) is 10.2. The van der Waals surface area contributed by atoms with Crippen LogP contribution in [-0.2, 0) is 17.8 Å². The van der Waals surface area contributed by atoms with Crippen LogP contribution in [0.5, 0.6) is 0 Å². The summed E-state index contributed by atoms with van der Waals surface area (Å²) < 4.78 is 1.66. The van der Waals surface area contributed by atoms with Crippen LogP contribution in [0.3, 0.4) is 0 Å². The van der Waals surface area contributed by atoms with E-state index in [0.717, 1.165) is 55.4 Å². The first-order valence-electron chi connectivity index (χ1n) is 13.3. The van der Waals surface area contributed by atoms with E-state index in [0.29, 0.717) is 29.9 Å². The lowest BCUT2D eigenvalue weighted by Crippen LogP contribution is -2.42. The van der Waals surface area contributed by atoms with Crippen LogP contribution in [0, 0.1) is 5.92 Å². The third-order valence-corrected chi connectivity index (χ3v) is 8.04. The van der Waals surface area contributed by atoms with E-state index in [1.165, 1.54) is 19.3 Å². The molecule has 0 unspecified atom stereocenters. The molecule has 0 spiro atoms. The van der Waals surface area contributed by atoms with Crippen LogP contribution in [0.25, 0.3) is 10.8 Å². The Labute approximate surface area is 229 Å². The number of carbonyl (C=O) groups is 1. The zero-order valence-corrected chi connectivity index (χ0v) is 22.8. The number of hydrogen-bond donors (Lipinski definition) is 1. The molecule has 0 bridgehead atoms. The van der Waals surface area contributed by atoms with Gasteiger partial charge in [-0.25, -0.2) is 4.68 Å². The Hall–Kier alpha value is -2.41. The van der Waals surface area contributed by atoms with E-state index in [1.807, 2.05) is 48.5 Å². The fourth-order valence-corrected chi connectivity index (χ4v) is 5.91. The number of carbonyl (C=O) groups excluding carboxylic acids is 1. The van der Waals surface area contributed by atoms with Gasteiger partial charge in [0.05, 0.1) is 17.6 Å². The lowest BCUT2D eigenvalue weighted by Gasteiger charge is -2.26. The first-order chi connectivity index (χ1) is 17.6. The molecular formula is C29H36Cl2N4O2. The first kappa shape index (κ1) is 27.6. The number of nitrogens with one attached hydrogen (secondary N) is 1. The average Bonchev–Trinajstić information content (AvgIpc) is 3.35. The molecule has 2 aromatic carbocycles. The van der Waals surface area contributed by atoms with Gasteiger partial charge in [0.25, 0.3) is 5.56 Å². The van der Waals surface area contributed by atoms with Crippen molar-refractivity contribution in [2.45, 2.75) is 64.0 Å². The van der Waals surface area contributed by atoms with Crippen LogP contribution in [0.4, 0.5) is 0 Å². The minimum absolute atomic E-state index is 0. The molecule has 5 rings (SSSR count). The minimum Gasteiger partial charge on any atom is -0.355 e. The van der Waals surface area contributed by atoms with Crippen molar-refractivity contribution in [3.63, 3.8) is 0 Å². The molecule has 1 saturated heterocycles. The Balaban J connectivity index is 0.00000320. The zero-order valence-electron chi connectivity index (χ0n) is 21.2. The highest BCUT2D eigenvalue weighted by Crippen LogP contribution is 2.24. The standard InChI is InChI=1S/C29H35ClN4O2.ClH/c30-23-14-12-21(13-15-23)19-27-25-10-4-5-11-26(25)29(36)34(32-27)20-24-9-6-17-33(24)18-16-31-28(35)22-7-2-1-3-8-22;/h4-5,10-15,22,24H,1-3,6-9,16-20H2,(H,31,35);1H/t24-;/m1./s1. The van der Waals surface area contributed by atoms with Gasteiger partial charge in [0.1, 0.15) is 0 Å². The lowest BCUT2D eigenvalue weighted by atomic mass is 9.89. The van der Waals surface area contributed by atoms with E-state index in [4.69, 9.17) is 16.7 Å². The van der Waals surface area contributed by atoms with Crippen molar-refractivity contribution in [3.8, 4) is 0 Å². The molecular weight excluding hydrogens is 507 g/mol. The van der Waals surface area contributed by atoms with Gasteiger partial charge in [-0.1, -0.05) is 61.2 Å². The maximum Gasteiger partial charge on any atom is 0.274 e. The van der Waals surface area contributed by atoms with Crippen molar-refractivity contribution >= 4 is 40.7 Å². The summed E-state index contributed by atoms with van der Waals surface area (Å²) in [5.41, 5.74) is 1.97. The van der Waals surface area contributed by atoms with E-state index in [9.17, 15) is 9.59 Å². The molecule has 1 saturated carbocycles. The third-order valence-electron chi connectivity index (χ3n) is 7.79. The Bertz CT molecular complexity index is 1250. The van der Waals surface area contributed by atoms with Gasteiger partial charge in [0.2, 0.25) is 5.91 Å². The number of amides is 1. The molecule has 37 heavy (non-hydrogen) atoms. The van der Waals surface area contributed by atoms with Crippen molar-refractivity contribution in [1.82, 2.24) is 20.0 Å². The molecule has 1 aliphatic heterocycles. The van der Waals surface area contributed by atoms with Crippen molar-refractivity contribution in [3.05, 3.63) is 75.2 Å². The van der Waals surface area contributed by atoms with Crippen molar-refractivity contribution in [1.29, 1.82) is 0 Å². The van der Waals surface area contributed by atoms with Crippen molar-refractivity contribution in [2.24, 2.45) is 5.92 Å². The van der Waals surface area contributed by atoms with Gasteiger partial charge < -0.3 is 5.32 Å². The molecule has 0 radical (unpaired) electrons. The molecule has 3 aromatic rings. The van der Waals surface area contributed by atoms with Crippen LogP contribution in [-0.4, -0.2) is 46.3 Å². The summed E-state index contributed by atoms with van der Waals surface area (Å²) >= 11 is 6.07. The highest BCUT2D eigenvalue weighted by atomic mass is 35.5. The van der Waals surface area contributed by atoms with Gasteiger partial charge in [-0.05, 0) is 56.0 Å². The van der Waals surface area contributed by atoms with Gasteiger partial charge in [-0.3, -0.25) is 14.5 Å². The summed E-state index contributed by atoms with van der Waals surface area (Å²) in [6.07, 6.45) is 8.40. The number of likely N-dealkylation sites (tertiary alicyclic amines) is 1. The topological polar surface area (TPSA) is 67.2 Å². The number of hydrogen-bond acceptors (Lipinski definition) is 4. The number of benzene rings is 2. The Morgan fingerprint density at radius 2 is 1.70 bits per heavy atom. The number of fused-ring (bicyclic) bond motifs is 1. The second kappa shape index (κ2) is 12.9. The quantitative estimate of drug-likeness (QED) is 0.423.